The van der Waals surface area contributed by atoms with Gasteiger partial charge in [-0.25, -0.2) is 0 Å². The van der Waals surface area contributed by atoms with Crippen molar-refractivity contribution in [1.82, 2.24) is 4.98 Å². The quantitative estimate of drug-likeness (QED) is 0.0868. The summed E-state index contributed by atoms with van der Waals surface area (Å²) in [5.41, 5.74) is 7.12. The first-order valence-electron chi connectivity index (χ1n) is 15.7. The second-order valence-electron chi connectivity index (χ2n) is 11.4. The summed E-state index contributed by atoms with van der Waals surface area (Å²) in [6, 6.07) is 25.1. The molecule has 2 aromatic carbocycles. The number of aliphatic hydroxyl groups is 1. The van der Waals surface area contributed by atoms with Crippen molar-refractivity contribution in [1.29, 1.82) is 0 Å². The Balaban J connectivity index is 0.000000297. The normalized spacial score (nSPS) is 11.4. The third kappa shape index (κ3) is 8.89. The molecule has 0 aliphatic heterocycles. The van der Waals surface area contributed by atoms with Crippen LogP contribution in [0.5, 0.6) is 0 Å². The van der Waals surface area contributed by atoms with Crippen molar-refractivity contribution in [3.05, 3.63) is 101 Å². The number of benzene rings is 2. The van der Waals surface area contributed by atoms with E-state index in [1.807, 2.05) is 56.6 Å². The fourth-order valence-corrected chi connectivity index (χ4v) is 8.08. The minimum Gasteiger partial charge on any atom is -0.512 e. The number of hydrogen-bond acceptors (Lipinski definition) is 5. The SMILES string of the molecule is CCC(CC)C(=O)/C=C(\O)C(CC)CC.Cc1[c-]c(-c2nccc3c(C)c(-c4ccc(-c5ccccc5)s4)sc23)cc(C)c1.[Ir]. The minimum absolute atomic E-state index is 0. The van der Waals surface area contributed by atoms with Crippen LogP contribution in [0.25, 0.3) is 41.5 Å². The van der Waals surface area contributed by atoms with Gasteiger partial charge in [0.15, 0.2) is 5.78 Å². The predicted octanol–water partition coefficient (Wildman–Crippen LogP) is 12.0. The van der Waals surface area contributed by atoms with Crippen LogP contribution in [0.4, 0.5) is 0 Å². The van der Waals surface area contributed by atoms with E-state index >= 15 is 0 Å². The van der Waals surface area contributed by atoms with Crippen LogP contribution in [-0.2, 0) is 24.9 Å². The Kier molecular flexibility index (Phi) is 13.9. The minimum atomic E-state index is 0. The van der Waals surface area contributed by atoms with Gasteiger partial charge < -0.3 is 10.1 Å². The molecule has 3 nitrogen and oxygen atoms in total. The van der Waals surface area contributed by atoms with E-state index in [2.05, 4.69) is 87.5 Å². The van der Waals surface area contributed by atoms with E-state index in [1.165, 1.54) is 47.5 Å². The maximum Gasteiger partial charge on any atom is 0.162 e. The Bertz CT molecular complexity index is 1710. The zero-order chi connectivity index (χ0) is 31.8. The number of hydrogen-bond donors (Lipinski definition) is 1. The number of aromatic nitrogens is 1. The predicted molar refractivity (Wildman–Crippen MR) is 191 cm³/mol. The van der Waals surface area contributed by atoms with Gasteiger partial charge in [0.05, 0.1) is 5.76 Å². The second kappa shape index (κ2) is 17.1. The van der Waals surface area contributed by atoms with E-state index < -0.39 is 0 Å². The number of carbonyl (C=O) groups is 1. The number of aryl methyl sites for hydroxylation is 3. The molecule has 0 spiro atoms. The van der Waals surface area contributed by atoms with Gasteiger partial charge in [-0.05, 0) is 67.3 Å². The Morgan fingerprint density at radius 2 is 1.51 bits per heavy atom. The number of aliphatic hydroxyl groups excluding tert-OH is 1. The molecule has 1 N–H and O–H groups in total. The van der Waals surface area contributed by atoms with Crippen molar-refractivity contribution < 1.29 is 30.0 Å². The molecule has 6 heteroatoms. The number of thiophene rings is 2. The van der Waals surface area contributed by atoms with Crippen LogP contribution in [-0.4, -0.2) is 15.9 Å². The molecule has 0 atom stereocenters. The molecule has 0 aliphatic carbocycles. The Morgan fingerprint density at radius 1 is 0.867 bits per heavy atom. The standard InChI is InChI=1S/C26H20NS2.C13H24O2.Ir/c1-16-13-17(2)15-20(14-16)24-26-21(11-12-27-24)18(3)25(29-26)23-10-9-22(28-23)19-7-5-4-6-8-19;1-5-10(6-2)12(14)9-13(15)11(7-3)8-4;/h4-14H,1-3H3;9-11,14H,5-8H2,1-4H3;/q-1;;/b;12-9-;. The summed E-state index contributed by atoms with van der Waals surface area (Å²) in [5, 5.41) is 11.0. The molecular formula is C39H44IrNO2S2-. The van der Waals surface area contributed by atoms with E-state index in [0.29, 0.717) is 0 Å². The number of carbonyl (C=O) groups excluding carboxylic acids is 1. The molecule has 0 amide bonds. The van der Waals surface area contributed by atoms with Gasteiger partial charge in [0.1, 0.15) is 0 Å². The first-order chi connectivity index (χ1) is 21.2. The summed E-state index contributed by atoms with van der Waals surface area (Å²) < 4.78 is 1.25. The Hall–Kier alpha value is -2.89. The molecule has 3 heterocycles. The van der Waals surface area contributed by atoms with Gasteiger partial charge in [0.2, 0.25) is 0 Å². The average Bonchev–Trinajstić information content (AvgIpc) is 3.63. The van der Waals surface area contributed by atoms with E-state index in [-0.39, 0.29) is 43.5 Å². The summed E-state index contributed by atoms with van der Waals surface area (Å²) in [4.78, 5) is 20.4. The molecule has 1 radical (unpaired) electrons. The van der Waals surface area contributed by atoms with E-state index in [1.54, 1.807) is 0 Å². The van der Waals surface area contributed by atoms with E-state index in [4.69, 9.17) is 4.98 Å². The largest absolute Gasteiger partial charge is 0.512 e. The first kappa shape index (κ1) is 36.6. The van der Waals surface area contributed by atoms with Gasteiger partial charge in [-0.1, -0.05) is 71.9 Å². The maximum absolute atomic E-state index is 11.7. The van der Waals surface area contributed by atoms with Crippen LogP contribution < -0.4 is 0 Å². The molecule has 0 aliphatic rings. The smallest absolute Gasteiger partial charge is 0.162 e. The van der Waals surface area contributed by atoms with Gasteiger partial charge in [0, 0.05) is 69.2 Å². The van der Waals surface area contributed by atoms with Crippen LogP contribution in [0.3, 0.4) is 0 Å². The summed E-state index contributed by atoms with van der Waals surface area (Å²) in [5.74, 6) is 0.547. The number of nitrogens with zero attached hydrogens (tertiary/aromatic N) is 1. The van der Waals surface area contributed by atoms with Crippen molar-refractivity contribution in [2.75, 3.05) is 0 Å². The van der Waals surface area contributed by atoms with Crippen molar-refractivity contribution >= 4 is 38.5 Å². The number of rotatable bonds is 10. The van der Waals surface area contributed by atoms with Crippen LogP contribution in [0.15, 0.2) is 78.7 Å². The van der Waals surface area contributed by atoms with Crippen molar-refractivity contribution in [3.63, 3.8) is 0 Å². The first-order valence-corrected chi connectivity index (χ1v) is 17.3. The zero-order valence-electron chi connectivity index (χ0n) is 27.4. The van der Waals surface area contributed by atoms with Gasteiger partial charge in [-0.15, -0.1) is 57.6 Å². The van der Waals surface area contributed by atoms with Crippen molar-refractivity contribution in [2.24, 2.45) is 11.8 Å². The molecule has 3 aromatic heterocycles. The van der Waals surface area contributed by atoms with Crippen LogP contribution in [0.1, 0.15) is 70.1 Å². The van der Waals surface area contributed by atoms with Crippen LogP contribution in [0, 0.1) is 38.7 Å². The molecule has 0 saturated carbocycles. The molecule has 45 heavy (non-hydrogen) atoms. The average molecular weight is 815 g/mol. The summed E-state index contributed by atoms with van der Waals surface area (Å²) in [6.45, 7) is 14.5. The molecule has 0 unspecified atom stereocenters. The van der Waals surface area contributed by atoms with E-state index in [0.717, 1.165) is 42.5 Å². The number of ketones is 1. The Labute approximate surface area is 290 Å². The monoisotopic (exact) mass is 815 g/mol. The molecule has 0 fully saturated rings. The van der Waals surface area contributed by atoms with Crippen LogP contribution >= 0.6 is 22.7 Å². The number of pyridine rings is 1. The summed E-state index contributed by atoms with van der Waals surface area (Å²) in [7, 11) is 0. The number of allylic oxidation sites excluding steroid dienone is 2. The van der Waals surface area contributed by atoms with Gasteiger partial charge >= 0.3 is 0 Å². The molecule has 0 saturated heterocycles. The summed E-state index contributed by atoms with van der Waals surface area (Å²) in [6.07, 6.45) is 6.83. The van der Waals surface area contributed by atoms with E-state index in [9.17, 15) is 9.90 Å². The van der Waals surface area contributed by atoms with Crippen molar-refractivity contribution in [3.8, 4) is 31.5 Å². The van der Waals surface area contributed by atoms with Crippen LogP contribution in [0.2, 0.25) is 0 Å². The fraction of sp³-hybridized carbons (Fsp3) is 0.333. The molecule has 5 rings (SSSR count). The third-order valence-corrected chi connectivity index (χ3v) is 10.9. The third-order valence-electron chi connectivity index (χ3n) is 8.23. The zero-order valence-corrected chi connectivity index (χ0v) is 31.4. The topological polar surface area (TPSA) is 50.2 Å². The number of fused-ring (bicyclic) bond motifs is 1. The second-order valence-corrected chi connectivity index (χ2v) is 13.5. The van der Waals surface area contributed by atoms with Gasteiger partial charge in [0.25, 0.3) is 0 Å². The van der Waals surface area contributed by atoms with Gasteiger partial charge in [-0.3, -0.25) is 4.79 Å². The van der Waals surface area contributed by atoms with Gasteiger partial charge in [-0.2, -0.15) is 0 Å². The Morgan fingerprint density at radius 3 is 2.13 bits per heavy atom. The maximum atomic E-state index is 11.7. The molecule has 0 bridgehead atoms. The molecule has 239 valence electrons. The summed E-state index contributed by atoms with van der Waals surface area (Å²) >= 11 is 3.70. The molecular weight excluding hydrogens is 771 g/mol. The molecule has 5 aromatic rings. The fourth-order valence-electron chi connectivity index (χ4n) is 5.59. The van der Waals surface area contributed by atoms with Crippen molar-refractivity contribution in [2.45, 2.75) is 74.1 Å².